The standard InChI is InChI=1S/C16H24Cl2N2O2/c1-20(7-9-22-16-4-2-3-8-21-16)15(11-19)12-5-6-13(17)14(18)10-12/h5-6,10,15-16H,2-4,7-9,11,19H2,1H3. The van der Waals surface area contributed by atoms with Gasteiger partial charge in [0.2, 0.25) is 0 Å². The summed E-state index contributed by atoms with van der Waals surface area (Å²) in [6.07, 6.45) is 3.24. The van der Waals surface area contributed by atoms with Crippen molar-refractivity contribution >= 4 is 23.2 Å². The van der Waals surface area contributed by atoms with Crippen LogP contribution in [0.2, 0.25) is 10.0 Å². The first-order chi connectivity index (χ1) is 10.6. The summed E-state index contributed by atoms with van der Waals surface area (Å²) >= 11 is 12.1. The molecule has 124 valence electrons. The second-order valence-electron chi connectivity index (χ2n) is 5.57. The van der Waals surface area contributed by atoms with Crippen LogP contribution in [-0.4, -0.2) is 44.5 Å². The Morgan fingerprint density at radius 2 is 2.18 bits per heavy atom. The number of hydrogen-bond acceptors (Lipinski definition) is 4. The molecule has 2 unspecified atom stereocenters. The highest BCUT2D eigenvalue weighted by Gasteiger charge is 2.18. The van der Waals surface area contributed by atoms with Gasteiger partial charge in [0, 0.05) is 25.7 Å². The van der Waals surface area contributed by atoms with Gasteiger partial charge in [0.1, 0.15) is 0 Å². The van der Waals surface area contributed by atoms with Crippen molar-refractivity contribution < 1.29 is 9.47 Å². The van der Waals surface area contributed by atoms with E-state index in [-0.39, 0.29) is 12.3 Å². The summed E-state index contributed by atoms with van der Waals surface area (Å²) in [7, 11) is 2.03. The quantitative estimate of drug-likeness (QED) is 0.821. The molecule has 1 saturated heterocycles. The predicted octanol–water partition coefficient (Wildman–Crippen LogP) is 3.47. The van der Waals surface area contributed by atoms with Gasteiger partial charge in [-0.3, -0.25) is 4.90 Å². The molecule has 22 heavy (non-hydrogen) atoms. The number of nitrogens with zero attached hydrogens (tertiary/aromatic N) is 1. The van der Waals surface area contributed by atoms with Crippen LogP contribution in [0.4, 0.5) is 0 Å². The van der Waals surface area contributed by atoms with Gasteiger partial charge in [-0.1, -0.05) is 29.3 Å². The third kappa shape index (κ3) is 5.08. The second-order valence-corrected chi connectivity index (χ2v) is 6.39. The van der Waals surface area contributed by atoms with Crippen molar-refractivity contribution in [2.75, 3.05) is 33.4 Å². The first-order valence-electron chi connectivity index (χ1n) is 7.70. The molecule has 1 fully saturated rings. The maximum absolute atomic E-state index is 6.09. The van der Waals surface area contributed by atoms with Crippen LogP contribution in [0.15, 0.2) is 18.2 Å². The Balaban J connectivity index is 1.85. The summed E-state index contributed by atoms with van der Waals surface area (Å²) in [5.41, 5.74) is 6.99. The lowest BCUT2D eigenvalue weighted by Gasteiger charge is -2.29. The molecule has 1 aromatic carbocycles. The zero-order chi connectivity index (χ0) is 15.9. The molecule has 0 aromatic heterocycles. The second kappa shape index (κ2) is 9.06. The fourth-order valence-corrected chi connectivity index (χ4v) is 2.92. The fraction of sp³-hybridized carbons (Fsp3) is 0.625. The Hall–Kier alpha value is -0.360. The lowest BCUT2D eigenvalue weighted by molar-refractivity contribution is -0.164. The molecule has 2 atom stereocenters. The molecule has 0 radical (unpaired) electrons. The molecule has 2 rings (SSSR count). The molecule has 2 N–H and O–H groups in total. The van der Waals surface area contributed by atoms with Gasteiger partial charge < -0.3 is 15.2 Å². The largest absolute Gasteiger partial charge is 0.353 e. The highest BCUT2D eigenvalue weighted by Crippen LogP contribution is 2.27. The van der Waals surface area contributed by atoms with Crippen LogP contribution in [0.25, 0.3) is 0 Å². The van der Waals surface area contributed by atoms with Crippen molar-refractivity contribution in [1.82, 2.24) is 4.90 Å². The highest BCUT2D eigenvalue weighted by atomic mass is 35.5. The van der Waals surface area contributed by atoms with Crippen LogP contribution in [0.1, 0.15) is 30.9 Å². The van der Waals surface area contributed by atoms with Crippen LogP contribution in [-0.2, 0) is 9.47 Å². The van der Waals surface area contributed by atoms with E-state index in [1.54, 1.807) is 0 Å². The first-order valence-corrected chi connectivity index (χ1v) is 8.46. The monoisotopic (exact) mass is 346 g/mol. The van der Waals surface area contributed by atoms with Crippen molar-refractivity contribution in [2.45, 2.75) is 31.6 Å². The van der Waals surface area contributed by atoms with E-state index >= 15 is 0 Å². The summed E-state index contributed by atoms with van der Waals surface area (Å²) in [6.45, 7) is 2.71. The van der Waals surface area contributed by atoms with Gasteiger partial charge in [0.15, 0.2) is 6.29 Å². The molecule has 6 heteroatoms. The zero-order valence-corrected chi connectivity index (χ0v) is 14.4. The number of benzene rings is 1. The maximum Gasteiger partial charge on any atom is 0.157 e. The van der Waals surface area contributed by atoms with Crippen molar-refractivity contribution in [2.24, 2.45) is 5.73 Å². The third-order valence-electron chi connectivity index (χ3n) is 3.97. The summed E-state index contributed by atoms with van der Waals surface area (Å²) in [6, 6.07) is 5.74. The van der Waals surface area contributed by atoms with Crippen molar-refractivity contribution in [3.05, 3.63) is 33.8 Å². The van der Waals surface area contributed by atoms with Gasteiger partial charge in [0.05, 0.1) is 16.7 Å². The van der Waals surface area contributed by atoms with Gasteiger partial charge >= 0.3 is 0 Å². The molecular formula is C16H24Cl2N2O2. The van der Waals surface area contributed by atoms with Crippen LogP contribution >= 0.6 is 23.2 Å². The SMILES string of the molecule is CN(CCOC1CCCCO1)C(CN)c1ccc(Cl)c(Cl)c1. The van der Waals surface area contributed by atoms with E-state index in [1.807, 2.05) is 25.2 Å². The molecule has 1 aliphatic heterocycles. The molecule has 1 heterocycles. The van der Waals surface area contributed by atoms with E-state index in [1.165, 1.54) is 6.42 Å². The average molecular weight is 347 g/mol. The summed E-state index contributed by atoms with van der Waals surface area (Å²) in [5.74, 6) is 0. The maximum atomic E-state index is 6.09. The van der Waals surface area contributed by atoms with Crippen LogP contribution in [0.5, 0.6) is 0 Å². The molecule has 1 aromatic rings. The topological polar surface area (TPSA) is 47.7 Å². The summed E-state index contributed by atoms with van der Waals surface area (Å²) < 4.78 is 11.3. The lowest BCUT2D eigenvalue weighted by atomic mass is 10.1. The summed E-state index contributed by atoms with van der Waals surface area (Å²) in [4.78, 5) is 2.17. The van der Waals surface area contributed by atoms with Crippen molar-refractivity contribution in [3.63, 3.8) is 0 Å². The van der Waals surface area contributed by atoms with Crippen molar-refractivity contribution in [3.8, 4) is 0 Å². The molecule has 0 aliphatic carbocycles. The van der Waals surface area contributed by atoms with E-state index in [0.717, 1.165) is 31.6 Å². The highest BCUT2D eigenvalue weighted by molar-refractivity contribution is 6.42. The minimum Gasteiger partial charge on any atom is -0.353 e. The molecule has 0 spiro atoms. The number of halogens is 2. The van der Waals surface area contributed by atoms with Crippen molar-refractivity contribution in [1.29, 1.82) is 0 Å². The molecule has 0 bridgehead atoms. The van der Waals surface area contributed by atoms with Gasteiger partial charge in [-0.2, -0.15) is 0 Å². The normalized spacial score (nSPS) is 20.3. The molecule has 0 saturated carbocycles. The smallest absolute Gasteiger partial charge is 0.157 e. The number of rotatable bonds is 7. The van der Waals surface area contributed by atoms with E-state index in [0.29, 0.717) is 23.2 Å². The third-order valence-corrected chi connectivity index (χ3v) is 4.71. The number of ether oxygens (including phenoxy) is 2. The molecular weight excluding hydrogens is 323 g/mol. The van der Waals surface area contributed by atoms with Gasteiger partial charge in [-0.25, -0.2) is 0 Å². The van der Waals surface area contributed by atoms with E-state index in [9.17, 15) is 0 Å². The van der Waals surface area contributed by atoms with Crippen LogP contribution in [0.3, 0.4) is 0 Å². The molecule has 4 nitrogen and oxygen atoms in total. The summed E-state index contributed by atoms with van der Waals surface area (Å²) in [5, 5.41) is 1.11. The predicted molar refractivity (Wildman–Crippen MR) is 90.4 cm³/mol. The van der Waals surface area contributed by atoms with Gasteiger partial charge in [-0.05, 0) is 44.0 Å². The average Bonchev–Trinajstić information content (AvgIpc) is 2.52. The van der Waals surface area contributed by atoms with E-state index in [2.05, 4.69) is 4.90 Å². The van der Waals surface area contributed by atoms with Gasteiger partial charge in [0.25, 0.3) is 0 Å². The molecule has 0 amide bonds. The number of hydrogen-bond donors (Lipinski definition) is 1. The number of nitrogens with two attached hydrogens (primary N) is 1. The fourth-order valence-electron chi connectivity index (χ4n) is 2.62. The minimum atomic E-state index is -0.0524. The Kier molecular flexibility index (Phi) is 7.41. The zero-order valence-electron chi connectivity index (χ0n) is 12.9. The van der Waals surface area contributed by atoms with E-state index < -0.39 is 0 Å². The Bertz CT molecular complexity index is 467. The van der Waals surface area contributed by atoms with E-state index in [4.69, 9.17) is 38.4 Å². The first kappa shape index (κ1) is 18.0. The van der Waals surface area contributed by atoms with Gasteiger partial charge in [-0.15, -0.1) is 0 Å². The Morgan fingerprint density at radius 3 is 2.82 bits per heavy atom. The minimum absolute atomic E-state index is 0.0524. The van der Waals surface area contributed by atoms with Crippen LogP contribution < -0.4 is 5.73 Å². The lowest BCUT2D eigenvalue weighted by Crippen LogP contribution is -2.34. The number of likely N-dealkylation sites (N-methyl/N-ethyl adjacent to an activating group) is 1. The molecule has 1 aliphatic rings. The Labute approximate surface area is 142 Å². The Morgan fingerprint density at radius 1 is 1.36 bits per heavy atom. The van der Waals surface area contributed by atoms with Crippen LogP contribution in [0, 0.1) is 0 Å².